The molecule has 0 aliphatic rings. The minimum atomic E-state index is -0.833. The molecule has 0 aliphatic heterocycles. The number of aliphatic hydroxyl groups is 1. The molecule has 0 spiro atoms. The summed E-state index contributed by atoms with van der Waals surface area (Å²) in [6.07, 6.45) is 7.90. The molecule has 0 fully saturated rings. The lowest BCUT2D eigenvalue weighted by Crippen LogP contribution is -1.78. The summed E-state index contributed by atoms with van der Waals surface area (Å²) in [5, 5.41) is 15.8. The van der Waals surface area contributed by atoms with Gasteiger partial charge in [-0.05, 0) is 33.3 Å². The molecule has 0 atom stereocenters. The molecule has 0 heterocycles. The van der Waals surface area contributed by atoms with Crippen LogP contribution in [0.4, 0.5) is 0 Å². The third-order valence-corrected chi connectivity index (χ3v) is 1.30. The largest absolute Gasteiger partial charge is 0.516 e. The molecular weight excluding hydrogens is 192 g/mol. The van der Waals surface area contributed by atoms with Gasteiger partial charge in [-0.1, -0.05) is 23.3 Å². The van der Waals surface area contributed by atoms with Crippen molar-refractivity contribution < 1.29 is 15.0 Å². The van der Waals surface area contributed by atoms with E-state index in [0.29, 0.717) is 0 Å². The second kappa shape index (κ2) is 10.6. The summed E-state index contributed by atoms with van der Waals surface area (Å²) in [4.78, 5) is 9.00. The predicted octanol–water partition coefficient (Wildman–Crippen LogP) is 3.45. The first-order valence-electron chi connectivity index (χ1n) is 4.70. The van der Waals surface area contributed by atoms with Crippen LogP contribution in [-0.4, -0.2) is 16.2 Å². The monoisotopic (exact) mass is 212 g/mol. The van der Waals surface area contributed by atoms with Crippen LogP contribution in [0, 0.1) is 0 Å². The summed E-state index contributed by atoms with van der Waals surface area (Å²) >= 11 is 0. The highest BCUT2D eigenvalue weighted by Crippen LogP contribution is 1.99. The van der Waals surface area contributed by atoms with Crippen LogP contribution in [0.2, 0.25) is 0 Å². The number of carbonyl (C=O) groups is 1. The van der Waals surface area contributed by atoms with Gasteiger partial charge in [0.1, 0.15) is 0 Å². The molecule has 2 N–H and O–H groups in total. The van der Waals surface area contributed by atoms with Crippen molar-refractivity contribution in [2.45, 2.75) is 34.1 Å². The average molecular weight is 212 g/mol. The zero-order valence-electron chi connectivity index (χ0n) is 9.82. The standard InChI is InChI=1S/C10H16O.C2H4O2/c1-9(2)5-4-6-10(3)7-8-11;1-2(3)4/h5-8,11H,4H2,1-3H3;1H3,(H,3,4). The quantitative estimate of drug-likeness (QED) is 0.428. The third-order valence-electron chi connectivity index (χ3n) is 1.30. The molecule has 0 bridgehead atoms. The summed E-state index contributed by atoms with van der Waals surface area (Å²) in [5.41, 5.74) is 2.41. The number of aliphatic hydroxyl groups excluding tert-OH is 1. The smallest absolute Gasteiger partial charge is 0.300 e. The fourth-order valence-electron chi connectivity index (χ4n) is 0.666. The van der Waals surface area contributed by atoms with Crippen LogP contribution in [0.15, 0.2) is 35.6 Å². The first-order valence-corrected chi connectivity index (χ1v) is 4.70. The Hall–Kier alpha value is -1.51. The summed E-state index contributed by atoms with van der Waals surface area (Å²) in [7, 11) is 0. The summed E-state index contributed by atoms with van der Waals surface area (Å²) in [5.74, 6) is -0.833. The van der Waals surface area contributed by atoms with Gasteiger partial charge in [-0.25, -0.2) is 0 Å². The lowest BCUT2D eigenvalue weighted by molar-refractivity contribution is -0.134. The molecule has 0 amide bonds. The number of aliphatic carboxylic acids is 1. The second-order valence-electron chi connectivity index (χ2n) is 3.30. The highest BCUT2D eigenvalue weighted by Gasteiger charge is 1.79. The molecule has 0 aromatic rings. The number of carboxylic acid groups (broad SMARTS) is 1. The fourth-order valence-corrected chi connectivity index (χ4v) is 0.666. The maximum atomic E-state index is 9.00. The van der Waals surface area contributed by atoms with E-state index in [2.05, 4.69) is 26.0 Å². The molecule has 0 aliphatic carbocycles. The molecule has 0 saturated heterocycles. The van der Waals surface area contributed by atoms with Crippen molar-refractivity contribution in [1.82, 2.24) is 0 Å². The van der Waals surface area contributed by atoms with Crippen molar-refractivity contribution in [3.05, 3.63) is 35.6 Å². The van der Waals surface area contributed by atoms with Crippen molar-refractivity contribution >= 4 is 5.97 Å². The van der Waals surface area contributed by atoms with Crippen LogP contribution in [0.5, 0.6) is 0 Å². The van der Waals surface area contributed by atoms with E-state index >= 15 is 0 Å². The Labute approximate surface area is 91.4 Å². The molecule has 0 aromatic heterocycles. The van der Waals surface area contributed by atoms with E-state index in [1.165, 1.54) is 5.57 Å². The molecule has 3 heteroatoms. The number of rotatable bonds is 3. The SMILES string of the molecule is CC(=O)O.CC(C)=CCC=C(C)C=CO. The maximum Gasteiger partial charge on any atom is 0.300 e. The first kappa shape index (κ1) is 15.9. The predicted molar refractivity (Wildman–Crippen MR) is 62.9 cm³/mol. The van der Waals surface area contributed by atoms with Crippen LogP contribution >= 0.6 is 0 Å². The molecular formula is C12H20O3. The molecule has 86 valence electrons. The molecule has 0 radical (unpaired) electrons. The molecule has 15 heavy (non-hydrogen) atoms. The summed E-state index contributed by atoms with van der Waals surface area (Å²) < 4.78 is 0. The van der Waals surface area contributed by atoms with Crippen molar-refractivity contribution in [1.29, 1.82) is 0 Å². The second-order valence-corrected chi connectivity index (χ2v) is 3.30. The maximum absolute atomic E-state index is 9.00. The van der Waals surface area contributed by atoms with E-state index in [1.807, 2.05) is 6.92 Å². The van der Waals surface area contributed by atoms with Crippen LogP contribution in [0.3, 0.4) is 0 Å². The first-order chi connectivity index (χ1) is 6.90. The van der Waals surface area contributed by atoms with Crippen LogP contribution in [0.25, 0.3) is 0 Å². The van der Waals surface area contributed by atoms with Gasteiger partial charge in [-0.2, -0.15) is 0 Å². The topological polar surface area (TPSA) is 57.5 Å². The van der Waals surface area contributed by atoms with Crippen molar-refractivity contribution in [2.24, 2.45) is 0 Å². The Bertz CT molecular complexity index is 252. The molecule has 0 unspecified atom stereocenters. The van der Waals surface area contributed by atoms with E-state index in [-0.39, 0.29) is 0 Å². The van der Waals surface area contributed by atoms with Gasteiger partial charge in [0, 0.05) is 6.92 Å². The van der Waals surface area contributed by atoms with Gasteiger partial charge in [0.2, 0.25) is 0 Å². The van der Waals surface area contributed by atoms with Gasteiger partial charge in [0.05, 0.1) is 6.26 Å². The van der Waals surface area contributed by atoms with Gasteiger partial charge in [-0.15, -0.1) is 0 Å². The molecule has 0 saturated carbocycles. The number of allylic oxidation sites excluding steroid dienone is 5. The van der Waals surface area contributed by atoms with Gasteiger partial charge in [-0.3, -0.25) is 4.79 Å². The molecule has 3 nitrogen and oxygen atoms in total. The van der Waals surface area contributed by atoms with Gasteiger partial charge >= 0.3 is 0 Å². The lowest BCUT2D eigenvalue weighted by atomic mass is 10.2. The Morgan fingerprint density at radius 2 is 1.60 bits per heavy atom. The highest BCUT2D eigenvalue weighted by molar-refractivity contribution is 5.62. The van der Waals surface area contributed by atoms with Gasteiger partial charge < -0.3 is 10.2 Å². The van der Waals surface area contributed by atoms with E-state index in [9.17, 15) is 0 Å². The van der Waals surface area contributed by atoms with Crippen LogP contribution in [0.1, 0.15) is 34.1 Å². The highest BCUT2D eigenvalue weighted by atomic mass is 16.4. The Morgan fingerprint density at radius 1 is 1.13 bits per heavy atom. The van der Waals surface area contributed by atoms with Crippen molar-refractivity contribution in [2.75, 3.05) is 0 Å². The van der Waals surface area contributed by atoms with Gasteiger partial charge in [0.25, 0.3) is 5.97 Å². The minimum Gasteiger partial charge on any atom is -0.516 e. The Morgan fingerprint density at radius 3 is 1.93 bits per heavy atom. The third kappa shape index (κ3) is 24.5. The normalized spacial score (nSPS) is 10.5. The number of carboxylic acids is 1. The van der Waals surface area contributed by atoms with E-state index < -0.39 is 5.97 Å². The zero-order valence-corrected chi connectivity index (χ0v) is 9.82. The fraction of sp³-hybridized carbons (Fsp3) is 0.417. The average Bonchev–Trinajstić information content (AvgIpc) is 2.02. The molecule has 0 aromatic carbocycles. The van der Waals surface area contributed by atoms with Crippen molar-refractivity contribution in [3.63, 3.8) is 0 Å². The minimum absolute atomic E-state index is 0.833. The van der Waals surface area contributed by atoms with Gasteiger partial charge in [0.15, 0.2) is 0 Å². The summed E-state index contributed by atoms with van der Waals surface area (Å²) in [6.45, 7) is 7.20. The van der Waals surface area contributed by atoms with Crippen molar-refractivity contribution in [3.8, 4) is 0 Å². The van der Waals surface area contributed by atoms with Crippen LogP contribution < -0.4 is 0 Å². The summed E-state index contributed by atoms with van der Waals surface area (Å²) in [6, 6.07) is 0. The Kier molecular flexibility index (Phi) is 11.2. The molecule has 0 rings (SSSR count). The number of hydrogen-bond donors (Lipinski definition) is 2. The van der Waals surface area contributed by atoms with Crippen LogP contribution in [-0.2, 0) is 4.79 Å². The number of hydrogen-bond acceptors (Lipinski definition) is 2. The van der Waals surface area contributed by atoms with E-state index in [4.69, 9.17) is 15.0 Å². The Balaban J connectivity index is 0. The van der Waals surface area contributed by atoms with E-state index in [1.54, 1.807) is 6.08 Å². The zero-order chi connectivity index (χ0) is 12.3. The lowest BCUT2D eigenvalue weighted by Gasteiger charge is -1.89. The van der Waals surface area contributed by atoms with E-state index in [0.717, 1.165) is 25.2 Å².